The van der Waals surface area contributed by atoms with E-state index < -0.39 is 5.54 Å². The number of rotatable bonds is 5. The van der Waals surface area contributed by atoms with Crippen molar-refractivity contribution in [3.8, 4) is 0 Å². The van der Waals surface area contributed by atoms with Gasteiger partial charge in [0.1, 0.15) is 0 Å². The van der Waals surface area contributed by atoms with Gasteiger partial charge in [-0.15, -0.1) is 0 Å². The summed E-state index contributed by atoms with van der Waals surface area (Å²) in [7, 11) is 1.99. The van der Waals surface area contributed by atoms with Crippen molar-refractivity contribution in [2.24, 2.45) is 5.73 Å². The number of hydrogen-bond acceptors (Lipinski definition) is 6. The molecule has 0 radical (unpaired) electrons. The van der Waals surface area contributed by atoms with Crippen molar-refractivity contribution >= 4 is 0 Å². The van der Waals surface area contributed by atoms with Gasteiger partial charge in [-0.1, -0.05) is 11.2 Å². The van der Waals surface area contributed by atoms with E-state index in [1.54, 1.807) is 6.20 Å². The largest absolute Gasteiger partial charge is 0.338 e. The molecule has 6 nitrogen and oxygen atoms in total. The lowest BCUT2D eigenvalue weighted by Gasteiger charge is -2.14. The van der Waals surface area contributed by atoms with E-state index in [1.807, 2.05) is 39.2 Å². The number of nitrogens with zero attached hydrogens (tertiary/aromatic N) is 4. The molecule has 2 aromatic rings. The molecule has 2 heterocycles. The van der Waals surface area contributed by atoms with E-state index in [0.29, 0.717) is 18.3 Å². The monoisotopic (exact) mass is 261 g/mol. The summed E-state index contributed by atoms with van der Waals surface area (Å²) in [5.41, 5.74) is 6.48. The zero-order chi connectivity index (χ0) is 13.9. The maximum absolute atomic E-state index is 5.92. The van der Waals surface area contributed by atoms with Crippen molar-refractivity contribution in [2.75, 3.05) is 7.05 Å². The Morgan fingerprint density at radius 3 is 2.74 bits per heavy atom. The number of nitrogens with two attached hydrogens (primary N) is 1. The second-order valence-corrected chi connectivity index (χ2v) is 5.27. The van der Waals surface area contributed by atoms with Crippen molar-refractivity contribution < 1.29 is 4.52 Å². The van der Waals surface area contributed by atoms with Crippen molar-refractivity contribution in [3.05, 3.63) is 41.8 Å². The molecule has 0 aliphatic carbocycles. The third-order valence-corrected chi connectivity index (χ3v) is 2.62. The molecule has 0 saturated heterocycles. The minimum atomic E-state index is -0.580. The predicted octanol–water partition coefficient (Wildman–Crippen LogP) is 1.29. The maximum Gasteiger partial charge on any atom is 0.240 e. The highest BCUT2D eigenvalue weighted by Crippen LogP contribution is 2.13. The molecule has 0 fully saturated rings. The summed E-state index contributed by atoms with van der Waals surface area (Å²) in [5, 5.41) is 3.90. The van der Waals surface area contributed by atoms with Crippen LogP contribution in [-0.2, 0) is 18.6 Å². The molecule has 6 heteroatoms. The van der Waals surface area contributed by atoms with Crippen LogP contribution >= 0.6 is 0 Å². The normalized spacial score (nSPS) is 12.1. The quantitative estimate of drug-likeness (QED) is 0.873. The third-order valence-electron chi connectivity index (χ3n) is 2.62. The molecule has 0 saturated carbocycles. The highest BCUT2D eigenvalue weighted by Gasteiger charge is 2.21. The molecule has 0 unspecified atom stereocenters. The van der Waals surface area contributed by atoms with Gasteiger partial charge in [0.15, 0.2) is 5.82 Å². The second-order valence-electron chi connectivity index (χ2n) is 5.27. The van der Waals surface area contributed by atoms with E-state index in [1.165, 1.54) is 0 Å². The van der Waals surface area contributed by atoms with E-state index in [9.17, 15) is 0 Å². The molecule has 2 rings (SSSR count). The summed E-state index contributed by atoms with van der Waals surface area (Å²) in [6.07, 6.45) is 3.61. The van der Waals surface area contributed by atoms with Crippen molar-refractivity contribution in [1.82, 2.24) is 20.0 Å². The molecule has 0 amide bonds. The first kappa shape index (κ1) is 13.6. The highest BCUT2D eigenvalue weighted by atomic mass is 16.5. The molecule has 19 heavy (non-hydrogen) atoms. The third kappa shape index (κ3) is 3.84. The van der Waals surface area contributed by atoms with Gasteiger partial charge < -0.3 is 10.3 Å². The first-order chi connectivity index (χ1) is 8.95. The van der Waals surface area contributed by atoms with Gasteiger partial charge in [0.05, 0.1) is 12.1 Å². The van der Waals surface area contributed by atoms with Gasteiger partial charge in [-0.05, 0) is 32.5 Å². The zero-order valence-electron chi connectivity index (χ0n) is 11.5. The molecule has 0 aromatic carbocycles. The average Bonchev–Trinajstić information content (AvgIpc) is 2.78. The molecule has 0 spiro atoms. The number of aromatic nitrogens is 3. The average molecular weight is 261 g/mol. The van der Waals surface area contributed by atoms with Crippen LogP contribution in [0.4, 0.5) is 0 Å². The fourth-order valence-corrected chi connectivity index (χ4v) is 1.67. The van der Waals surface area contributed by atoms with Crippen LogP contribution in [0.1, 0.15) is 31.1 Å². The van der Waals surface area contributed by atoms with E-state index in [-0.39, 0.29) is 0 Å². The molecular formula is C13H19N5O. The molecule has 2 N–H and O–H groups in total. The lowest BCUT2D eigenvalue weighted by molar-refractivity contribution is 0.259. The van der Waals surface area contributed by atoms with Gasteiger partial charge in [0.25, 0.3) is 0 Å². The summed E-state index contributed by atoms with van der Waals surface area (Å²) < 4.78 is 5.20. The summed E-state index contributed by atoms with van der Waals surface area (Å²) in [5.74, 6) is 1.09. The fraction of sp³-hybridized carbons (Fsp3) is 0.462. The Balaban J connectivity index is 1.96. The first-order valence-electron chi connectivity index (χ1n) is 6.14. The van der Waals surface area contributed by atoms with Gasteiger partial charge >= 0.3 is 0 Å². The Hall–Kier alpha value is -1.79. The lowest BCUT2D eigenvalue weighted by atomic mass is 10.1. The lowest BCUT2D eigenvalue weighted by Crippen LogP contribution is -2.30. The van der Waals surface area contributed by atoms with Crippen LogP contribution in [0.15, 0.2) is 29.0 Å². The van der Waals surface area contributed by atoms with Gasteiger partial charge in [-0.2, -0.15) is 4.98 Å². The van der Waals surface area contributed by atoms with Crippen LogP contribution in [0.5, 0.6) is 0 Å². The maximum atomic E-state index is 5.92. The smallest absolute Gasteiger partial charge is 0.240 e. The van der Waals surface area contributed by atoms with Crippen LogP contribution in [-0.4, -0.2) is 27.1 Å². The fourth-order valence-electron chi connectivity index (χ4n) is 1.67. The summed E-state index contributed by atoms with van der Waals surface area (Å²) in [6.45, 7) is 5.05. The van der Waals surface area contributed by atoms with Crippen LogP contribution in [0.2, 0.25) is 0 Å². The summed E-state index contributed by atoms with van der Waals surface area (Å²) in [4.78, 5) is 10.5. The molecule has 0 atom stereocenters. The first-order valence-corrected chi connectivity index (χ1v) is 6.14. The van der Waals surface area contributed by atoms with E-state index >= 15 is 0 Å². The Bertz CT molecular complexity index is 517. The van der Waals surface area contributed by atoms with E-state index in [4.69, 9.17) is 10.3 Å². The number of pyridine rings is 1. The minimum absolute atomic E-state index is 0.525. The van der Waals surface area contributed by atoms with Crippen LogP contribution < -0.4 is 5.73 Å². The SMILES string of the molecule is CN(Cc1cccnc1)Cc1nc(C(C)(C)N)no1. The van der Waals surface area contributed by atoms with Crippen LogP contribution in [0.25, 0.3) is 0 Å². The Morgan fingerprint density at radius 1 is 1.37 bits per heavy atom. The van der Waals surface area contributed by atoms with E-state index in [2.05, 4.69) is 20.0 Å². The minimum Gasteiger partial charge on any atom is -0.338 e. The molecular weight excluding hydrogens is 242 g/mol. The highest BCUT2D eigenvalue weighted by molar-refractivity contribution is 5.08. The summed E-state index contributed by atoms with van der Waals surface area (Å²) in [6, 6.07) is 3.96. The summed E-state index contributed by atoms with van der Waals surface area (Å²) >= 11 is 0. The van der Waals surface area contributed by atoms with Crippen LogP contribution in [0, 0.1) is 0 Å². The Morgan fingerprint density at radius 2 is 2.16 bits per heavy atom. The van der Waals surface area contributed by atoms with E-state index in [0.717, 1.165) is 12.1 Å². The standard InChI is InChI=1S/C13H19N5O/c1-13(2,14)12-16-11(19-17-12)9-18(3)8-10-5-4-6-15-7-10/h4-7H,8-9,14H2,1-3H3. The van der Waals surface area contributed by atoms with Gasteiger partial charge in [0, 0.05) is 18.9 Å². The van der Waals surface area contributed by atoms with Gasteiger partial charge in [-0.25, -0.2) is 0 Å². The molecule has 102 valence electrons. The zero-order valence-corrected chi connectivity index (χ0v) is 11.5. The van der Waals surface area contributed by atoms with Crippen LogP contribution in [0.3, 0.4) is 0 Å². The van der Waals surface area contributed by atoms with Crippen molar-refractivity contribution in [2.45, 2.75) is 32.5 Å². The predicted molar refractivity (Wildman–Crippen MR) is 70.9 cm³/mol. The Kier molecular flexibility index (Phi) is 3.92. The molecule has 0 bridgehead atoms. The van der Waals surface area contributed by atoms with Crippen molar-refractivity contribution in [3.63, 3.8) is 0 Å². The molecule has 0 aliphatic rings. The van der Waals surface area contributed by atoms with Gasteiger partial charge in [-0.3, -0.25) is 9.88 Å². The van der Waals surface area contributed by atoms with Crippen molar-refractivity contribution in [1.29, 1.82) is 0 Å². The molecule has 0 aliphatic heterocycles. The Labute approximate surface area is 112 Å². The number of hydrogen-bond donors (Lipinski definition) is 1. The topological polar surface area (TPSA) is 81.1 Å². The van der Waals surface area contributed by atoms with Gasteiger partial charge in [0.2, 0.25) is 5.89 Å². The molecule has 2 aromatic heterocycles. The second kappa shape index (κ2) is 5.46.